The van der Waals surface area contributed by atoms with Gasteiger partial charge in [0.05, 0.1) is 13.2 Å². The molecule has 4 amide bonds. The van der Waals surface area contributed by atoms with Gasteiger partial charge in [-0.2, -0.15) is 0 Å². The van der Waals surface area contributed by atoms with Crippen molar-refractivity contribution in [3.8, 4) is 0 Å². The van der Waals surface area contributed by atoms with Crippen LogP contribution in [0.25, 0.3) is 0 Å². The van der Waals surface area contributed by atoms with Gasteiger partial charge in [-0.25, -0.2) is 9.59 Å². The molecule has 4 N–H and O–H groups in total. The summed E-state index contributed by atoms with van der Waals surface area (Å²) >= 11 is 0. The molecule has 0 aromatic rings. The summed E-state index contributed by atoms with van der Waals surface area (Å²) in [5.74, 6) is -0.901. The number of urea groups is 2. The van der Waals surface area contributed by atoms with Crippen LogP contribution in [0.3, 0.4) is 0 Å². The van der Waals surface area contributed by atoms with Gasteiger partial charge in [-0.3, -0.25) is 9.59 Å². The molecule has 0 bridgehead atoms. The van der Waals surface area contributed by atoms with Gasteiger partial charge in [0, 0.05) is 39.3 Å². The van der Waals surface area contributed by atoms with Crippen molar-refractivity contribution in [1.82, 2.24) is 31.1 Å². The molecule has 0 spiro atoms. The summed E-state index contributed by atoms with van der Waals surface area (Å²) < 4.78 is 9.49. The third kappa shape index (κ3) is 13.7. The second kappa shape index (κ2) is 17.0. The summed E-state index contributed by atoms with van der Waals surface area (Å²) in [5, 5.41) is 10.4. The van der Waals surface area contributed by atoms with Crippen molar-refractivity contribution in [3.05, 3.63) is 0 Å². The van der Waals surface area contributed by atoms with Crippen molar-refractivity contribution in [1.29, 1.82) is 0 Å². The summed E-state index contributed by atoms with van der Waals surface area (Å²) in [6, 6.07) is -0.739. The Morgan fingerprint density at radius 1 is 0.656 bits per heavy atom. The molecule has 12 nitrogen and oxygen atoms in total. The average molecular weight is 459 g/mol. The first-order valence-corrected chi connectivity index (χ1v) is 11.2. The smallest absolute Gasteiger partial charge is 0.325 e. The molecule has 1 fully saturated rings. The third-order valence-corrected chi connectivity index (χ3v) is 4.74. The Morgan fingerprint density at radius 3 is 1.38 bits per heavy atom. The summed E-state index contributed by atoms with van der Waals surface area (Å²) in [6.07, 6.45) is 1.66. The molecule has 1 saturated heterocycles. The highest BCUT2D eigenvalue weighted by atomic mass is 16.5. The number of nitrogens with one attached hydrogen (secondary N) is 4. The highest BCUT2D eigenvalue weighted by Crippen LogP contribution is 2.03. The van der Waals surface area contributed by atoms with E-state index in [1.54, 1.807) is 13.8 Å². The summed E-state index contributed by atoms with van der Waals surface area (Å²) in [7, 11) is 0. The summed E-state index contributed by atoms with van der Waals surface area (Å²) in [4.78, 5) is 50.3. The minimum absolute atomic E-state index is 0.130. The highest BCUT2D eigenvalue weighted by molar-refractivity contribution is 5.81. The second-order valence-corrected chi connectivity index (χ2v) is 7.22. The third-order valence-electron chi connectivity index (χ3n) is 4.74. The lowest BCUT2D eigenvalue weighted by molar-refractivity contribution is -0.142. The van der Waals surface area contributed by atoms with Gasteiger partial charge in [0.25, 0.3) is 0 Å². The number of esters is 2. The molecule has 32 heavy (non-hydrogen) atoms. The normalized spacial score (nSPS) is 14.3. The zero-order valence-corrected chi connectivity index (χ0v) is 19.2. The molecule has 1 aliphatic heterocycles. The number of piperazine rings is 1. The molecule has 0 unspecified atom stereocenters. The molecule has 1 aliphatic rings. The van der Waals surface area contributed by atoms with Crippen molar-refractivity contribution < 1.29 is 28.7 Å². The van der Waals surface area contributed by atoms with E-state index < -0.39 is 11.9 Å². The van der Waals surface area contributed by atoms with Crippen LogP contribution in [0.15, 0.2) is 0 Å². The van der Waals surface area contributed by atoms with Crippen LogP contribution in [-0.4, -0.2) is 112 Å². The number of rotatable bonds is 14. The number of carbonyl (C=O) groups is 4. The first-order chi connectivity index (χ1) is 15.4. The SMILES string of the molecule is CCOC(=O)CNC(=O)NCCCN1CCN(CCCNC(=O)NCC(=O)OCC)CC1. The van der Waals surface area contributed by atoms with Crippen LogP contribution in [0, 0.1) is 0 Å². The molecule has 1 heterocycles. The molecule has 184 valence electrons. The number of amides is 4. The van der Waals surface area contributed by atoms with Crippen molar-refractivity contribution in [3.63, 3.8) is 0 Å². The van der Waals surface area contributed by atoms with E-state index in [1.807, 2.05) is 0 Å². The predicted molar refractivity (Wildman–Crippen MR) is 118 cm³/mol. The minimum Gasteiger partial charge on any atom is -0.465 e. The number of carbonyl (C=O) groups excluding carboxylic acids is 4. The van der Waals surface area contributed by atoms with Gasteiger partial charge in [0.15, 0.2) is 0 Å². The van der Waals surface area contributed by atoms with Crippen molar-refractivity contribution in [2.75, 3.05) is 78.7 Å². The van der Waals surface area contributed by atoms with Crippen LogP contribution in [0.5, 0.6) is 0 Å². The maximum Gasteiger partial charge on any atom is 0.325 e. The Labute approximate surface area is 189 Å². The molecule has 12 heteroatoms. The van der Waals surface area contributed by atoms with E-state index in [2.05, 4.69) is 31.1 Å². The zero-order valence-electron chi connectivity index (χ0n) is 19.2. The molecule has 0 aromatic carbocycles. The first-order valence-electron chi connectivity index (χ1n) is 11.2. The topological polar surface area (TPSA) is 141 Å². The van der Waals surface area contributed by atoms with E-state index in [-0.39, 0.29) is 25.2 Å². The summed E-state index contributed by atoms with van der Waals surface area (Å²) in [6.45, 7) is 10.5. The van der Waals surface area contributed by atoms with Crippen LogP contribution in [0.1, 0.15) is 26.7 Å². The largest absolute Gasteiger partial charge is 0.465 e. The number of ether oxygens (including phenoxy) is 2. The van der Waals surface area contributed by atoms with Gasteiger partial charge in [-0.05, 0) is 39.8 Å². The Hall–Kier alpha value is -2.60. The lowest BCUT2D eigenvalue weighted by Crippen LogP contribution is -2.48. The Bertz CT molecular complexity index is 533. The average Bonchev–Trinajstić information content (AvgIpc) is 2.78. The summed E-state index contributed by atoms with van der Waals surface area (Å²) in [5.41, 5.74) is 0. The first kappa shape index (κ1) is 27.4. The predicted octanol–water partition coefficient (Wildman–Crippen LogP) is -0.891. The Morgan fingerprint density at radius 2 is 1.03 bits per heavy atom. The van der Waals surface area contributed by atoms with Gasteiger partial charge >= 0.3 is 24.0 Å². The Kier molecular flexibility index (Phi) is 14.6. The Balaban J connectivity index is 1.99. The van der Waals surface area contributed by atoms with Crippen molar-refractivity contribution >= 4 is 24.0 Å². The van der Waals surface area contributed by atoms with Crippen LogP contribution in [0.2, 0.25) is 0 Å². The van der Waals surface area contributed by atoms with Gasteiger partial charge < -0.3 is 40.5 Å². The number of nitrogens with zero attached hydrogens (tertiary/aromatic N) is 2. The quantitative estimate of drug-likeness (QED) is 0.194. The fraction of sp³-hybridized carbons (Fsp3) is 0.800. The lowest BCUT2D eigenvalue weighted by atomic mass is 10.2. The van der Waals surface area contributed by atoms with Crippen molar-refractivity contribution in [2.24, 2.45) is 0 Å². The van der Waals surface area contributed by atoms with Crippen molar-refractivity contribution in [2.45, 2.75) is 26.7 Å². The molecule has 0 aromatic heterocycles. The van der Waals surface area contributed by atoms with Gasteiger partial charge in [0.1, 0.15) is 13.1 Å². The maximum atomic E-state index is 11.6. The maximum absolute atomic E-state index is 11.6. The van der Waals surface area contributed by atoms with E-state index >= 15 is 0 Å². The van der Waals surface area contributed by atoms with E-state index in [9.17, 15) is 19.2 Å². The standard InChI is InChI=1S/C20H38N6O6/c1-3-31-17(27)15-23-19(29)21-7-5-9-25-11-13-26(14-12-25)10-6-8-22-20(30)24-16-18(28)32-4-2/h3-16H2,1-2H3,(H2,21,23,29)(H2,22,24,30). The fourth-order valence-corrected chi connectivity index (χ4v) is 3.10. The monoisotopic (exact) mass is 458 g/mol. The number of hydrogen-bond acceptors (Lipinski definition) is 8. The second-order valence-electron chi connectivity index (χ2n) is 7.22. The van der Waals surface area contributed by atoms with Crippen LogP contribution >= 0.6 is 0 Å². The van der Waals surface area contributed by atoms with E-state index in [1.165, 1.54) is 0 Å². The van der Waals surface area contributed by atoms with Gasteiger partial charge in [-0.15, -0.1) is 0 Å². The molecular weight excluding hydrogens is 420 g/mol. The highest BCUT2D eigenvalue weighted by Gasteiger charge is 2.16. The molecule has 1 rings (SSSR count). The van der Waals surface area contributed by atoms with E-state index in [0.29, 0.717) is 26.3 Å². The lowest BCUT2D eigenvalue weighted by Gasteiger charge is -2.34. The van der Waals surface area contributed by atoms with Crippen LogP contribution in [0.4, 0.5) is 9.59 Å². The zero-order chi connectivity index (χ0) is 23.6. The molecule has 0 aliphatic carbocycles. The van der Waals surface area contributed by atoms with Crippen LogP contribution in [-0.2, 0) is 19.1 Å². The fourth-order valence-electron chi connectivity index (χ4n) is 3.10. The van der Waals surface area contributed by atoms with Gasteiger partial charge in [0.2, 0.25) is 0 Å². The molecule has 0 atom stereocenters. The van der Waals surface area contributed by atoms with E-state index in [4.69, 9.17) is 9.47 Å². The van der Waals surface area contributed by atoms with Gasteiger partial charge in [-0.1, -0.05) is 0 Å². The van der Waals surface area contributed by atoms with Crippen LogP contribution < -0.4 is 21.3 Å². The molecular formula is C20H38N6O6. The minimum atomic E-state index is -0.450. The number of hydrogen-bond donors (Lipinski definition) is 4. The molecule has 0 radical (unpaired) electrons. The van der Waals surface area contributed by atoms with E-state index in [0.717, 1.165) is 52.1 Å². The molecule has 0 saturated carbocycles.